The van der Waals surface area contributed by atoms with Gasteiger partial charge in [-0.25, -0.2) is 0 Å². The summed E-state index contributed by atoms with van der Waals surface area (Å²) in [5.41, 5.74) is -3.55. The molecular formula is C19H26KN3O3S. The number of hydrogen-bond acceptors (Lipinski definition) is 5. The number of piperidine rings is 1. The van der Waals surface area contributed by atoms with Crippen molar-refractivity contribution in [2.75, 3.05) is 26.0 Å². The van der Waals surface area contributed by atoms with Crippen LogP contribution in [0.3, 0.4) is 0 Å². The van der Waals surface area contributed by atoms with Crippen LogP contribution in [0.15, 0.2) is 16.2 Å². The van der Waals surface area contributed by atoms with Crippen molar-refractivity contribution >= 4 is 27.5 Å². The fraction of sp³-hybridized carbons (Fsp3) is 0.579. The van der Waals surface area contributed by atoms with E-state index in [2.05, 4.69) is 0 Å². The van der Waals surface area contributed by atoms with Crippen molar-refractivity contribution in [2.24, 2.45) is 0 Å². The number of carbonyl (C=O) groups is 1. The molecular weight excluding hydrogens is 389 g/mol. The zero-order valence-corrected chi connectivity index (χ0v) is 18.1. The van der Waals surface area contributed by atoms with Gasteiger partial charge in [0.2, 0.25) is 0 Å². The fourth-order valence-electron chi connectivity index (χ4n) is 2.05. The van der Waals surface area contributed by atoms with Crippen LogP contribution >= 0.6 is 11.3 Å². The molecule has 1 amide bonds. The van der Waals surface area contributed by atoms with Gasteiger partial charge in [0.15, 0.2) is 1.41 Å². The Morgan fingerprint density at radius 3 is 3.04 bits per heavy atom. The van der Waals surface area contributed by atoms with Gasteiger partial charge in [-0.05, 0) is 63.8 Å². The zero-order chi connectivity index (χ0) is 37.3. The molecule has 1 aliphatic heterocycles. The second kappa shape index (κ2) is 10.5. The summed E-state index contributed by atoms with van der Waals surface area (Å²) in [4.78, 5) is 25.6. The van der Waals surface area contributed by atoms with Crippen LogP contribution in [-0.2, 0) is 0 Å². The van der Waals surface area contributed by atoms with E-state index in [1.54, 1.807) is 0 Å². The Hall–Kier alpha value is -0.224. The summed E-state index contributed by atoms with van der Waals surface area (Å²) in [6.45, 7) is -18.6. The molecule has 3 rings (SSSR count). The first-order valence-electron chi connectivity index (χ1n) is 17.5. The van der Waals surface area contributed by atoms with Crippen LogP contribution in [0.25, 0.3) is 10.2 Å². The summed E-state index contributed by atoms with van der Waals surface area (Å²) in [5.74, 6) is -3.86. The van der Waals surface area contributed by atoms with Crippen molar-refractivity contribution in [3.63, 3.8) is 0 Å². The van der Waals surface area contributed by atoms with Gasteiger partial charge in [-0.15, -0.1) is 11.3 Å². The SMILES string of the molecule is [2H]c1sc2c(c1[2H])c([O-])c(C(=O)N([2H])C([2H])([2H])CC([2H])([2H])N1C([2H])([2H])C([2H])([2H])C([2H])([2H])C([2H])([2H])C1([2H])[2H])c(=O)n2C([2H])(C)C([2H])([2H])[2H].[K+]. The van der Waals surface area contributed by atoms with E-state index in [-0.39, 0.29) is 67.3 Å². The third-order valence-electron chi connectivity index (χ3n) is 3.12. The van der Waals surface area contributed by atoms with Gasteiger partial charge in [-0.2, -0.15) is 0 Å². The first kappa shape index (κ1) is 7.48. The molecule has 3 heterocycles. The average Bonchev–Trinajstić information content (AvgIpc) is 3.13. The molecule has 0 radical (unpaired) electrons. The van der Waals surface area contributed by atoms with E-state index in [1.807, 2.05) is 0 Å². The van der Waals surface area contributed by atoms with Crippen molar-refractivity contribution in [2.45, 2.75) is 45.3 Å². The molecule has 1 fully saturated rings. The van der Waals surface area contributed by atoms with E-state index in [0.29, 0.717) is 6.92 Å². The maximum atomic E-state index is 13.5. The Kier molecular flexibility index (Phi) is 2.91. The Morgan fingerprint density at radius 2 is 2.33 bits per heavy atom. The topological polar surface area (TPSA) is 77.4 Å². The van der Waals surface area contributed by atoms with Crippen molar-refractivity contribution in [1.29, 1.82) is 0 Å². The van der Waals surface area contributed by atoms with Gasteiger partial charge in [0.1, 0.15) is 4.83 Å². The Morgan fingerprint density at radius 1 is 1.59 bits per heavy atom. The Bertz CT molecular complexity index is 1650. The molecule has 2 aromatic heterocycles. The second-order valence-corrected chi connectivity index (χ2v) is 5.58. The van der Waals surface area contributed by atoms with Crippen molar-refractivity contribution in [3.8, 4) is 5.75 Å². The summed E-state index contributed by atoms with van der Waals surface area (Å²) in [5, 5.41) is 10.9. The smallest absolute Gasteiger partial charge is 0.871 e. The van der Waals surface area contributed by atoms with E-state index >= 15 is 0 Å². The van der Waals surface area contributed by atoms with Crippen LogP contribution in [-0.4, -0.2) is 41.4 Å². The molecule has 1 aliphatic rings. The normalized spacial score (nSPS) is 39.5. The van der Waals surface area contributed by atoms with Gasteiger partial charge in [0, 0.05) is 41.2 Å². The predicted molar refractivity (Wildman–Crippen MR) is 103 cm³/mol. The number of fused-ring (bicyclic) bond motifs is 1. The molecule has 0 aliphatic carbocycles. The van der Waals surface area contributed by atoms with E-state index in [0.717, 1.165) is 0 Å². The molecule has 1 N–H and O–H groups in total. The average molecular weight is 437 g/mol. The summed E-state index contributed by atoms with van der Waals surface area (Å²) in [7, 11) is 0. The molecule has 1 atom stereocenters. The minimum Gasteiger partial charge on any atom is -0.871 e. The molecule has 27 heavy (non-hydrogen) atoms. The van der Waals surface area contributed by atoms with Crippen LogP contribution in [0.2, 0.25) is 1.41 Å². The van der Waals surface area contributed by atoms with Crippen molar-refractivity contribution in [3.05, 3.63) is 27.3 Å². The largest absolute Gasteiger partial charge is 1.00 e. The summed E-state index contributed by atoms with van der Waals surface area (Å²) >= 11 is 0.246. The van der Waals surface area contributed by atoms with Gasteiger partial charge in [-0.3, -0.25) is 14.2 Å². The van der Waals surface area contributed by atoms with Gasteiger partial charge < -0.3 is 15.3 Å². The monoisotopic (exact) mass is 436 g/mol. The third kappa shape index (κ3) is 5.23. The number of nitrogens with zero attached hydrogens (tertiary/aromatic N) is 2. The van der Waals surface area contributed by atoms with Gasteiger partial charge in [0.05, 0.1) is 9.68 Å². The molecule has 0 saturated carbocycles. The molecule has 0 aromatic carbocycles. The van der Waals surface area contributed by atoms with Crippen LogP contribution in [0.4, 0.5) is 0 Å². The molecule has 6 nitrogen and oxygen atoms in total. The number of likely N-dealkylation sites (tertiary alicyclic amines) is 1. The van der Waals surface area contributed by atoms with Gasteiger partial charge in [-0.1, -0.05) is 12.1 Å². The Labute approximate surface area is 235 Å². The Balaban J connectivity index is 0.00000800. The fourth-order valence-corrected chi connectivity index (χ4v) is 2.85. The minimum absolute atomic E-state index is 0. The number of pyridine rings is 1. The molecule has 142 valence electrons. The first-order valence-corrected chi connectivity index (χ1v) is 7.83. The number of hydrogen-bond donors (Lipinski definition) is 1. The van der Waals surface area contributed by atoms with E-state index in [9.17, 15) is 14.7 Å². The number of thiophene rings is 1. The van der Waals surface area contributed by atoms with Crippen LogP contribution in [0, 0.1) is 0 Å². The van der Waals surface area contributed by atoms with E-state index in [1.165, 1.54) is 0 Å². The van der Waals surface area contributed by atoms with Gasteiger partial charge >= 0.3 is 51.4 Å². The van der Waals surface area contributed by atoms with Crippen molar-refractivity contribution < 1.29 is 90.1 Å². The molecule has 1 saturated heterocycles. The van der Waals surface area contributed by atoms with Crippen LogP contribution in [0.1, 0.15) is 83.1 Å². The summed E-state index contributed by atoms with van der Waals surface area (Å²) in [6.07, 6.45) is -14.0. The quantitative estimate of drug-likeness (QED) is 0.609. The number of aromatic nitrogens is 1. The van der Waals surface area contributed by atoms with Gasteiger partial charge in [0.25, 0.3) is 11.5 Å². The molecule has 2 aromatic rings. The predicted octanol–water partition coefficient (Wildman–Crippen LogP) is -0.673. The maximum absolute atomic E-state index is 13.5. The molecule has 0 bridgehead atoms. The molecule has 0 spiro atoms. The molecule has 8 heteroatoms. The van der Waals surface area contributed by atoms with E-state index in [4.69, 9.17) is 28.8 Å². The molecule has 1 unspecified atom stereocenters. The summed E-state index contributed by atoms with van der Waals surface area (Å²) in [6, 6.07) is -3.89. The van der Waals surface area contributed by atoms with E-state index < -0.39 is 119 Å². The third-order valence-corrected chi connectivity index (χ3v) is 3.90. The summed E-state index contributed by atoms with van der Waals surface area (Å²) < 4.78 is 169. The minimum atomic E-state index is -4.08. The van der Waals surface area contributed by atoms with Crippen LogP contribution < -0.4 is 67.4 Å². The zero-order valence-electron chi connectivity index (χ0n) is 35.2. The maximum Gasteiger partial charge on any atom is 1.00 e. The van der Waals surface area contributed by atoms with Crippen LogP contribution in [0.5, 0.6) is 5.75 Å². The number of carbonyl (C=O) groups excluding carboxylic acids is 1. The standard InChI is InChI=1S/C19H27N3O3S.K/c1-13(2)22-18(25)15(16(23)14-7-12-26-19(14)22)17(24)20-8-6-11-21-9-4-3-5-10-21;/h7,12-13,23H,3-6,8-11H2,1-2H3,(H,20,24);/q;+1/p-1/i1D3,3D2,4D2,5D2,7D,8D2,9D2,10D2,11D2,12D,13D;/hD. The number of rotatable bonds is 6. The number of nitrogens with one attached hydrogen (secondary N) is 1. The first-order chi connectivity index (χ1) is 20.5. The van der Waals surface area contributed by atoms with Crippen molar-refractivity contribution in [1.82, 2.24) is 14.8 Å². The number of amides is 1. The second-order valence-electron chi connectivity index (χ2n) is 4.78.